The van der Waals surface area contributed by atoms with E-state index in [1.807, 2.05) is 0 Å². The summed E-state index contributed by atoms with van der Waals surface area (Å²) in [6, 6.07) is 4.75. The van der Waals surface area contributed by atoms with Gasteiger partial charge in [0, 0.05) is 43.3 Å². The maximum Gasteiger partial charge on any atom is 0.163 e. The topological polar surface area (TPSA) is 32.5 Å². The minimum absolute atomic E-state index is 0.274. The predicted molar refractivity (Wildman–Crippen MR) is 78.9 cm³/mol. The van der Waals surface area contributed by atoms with Gasteiger partial charge in [-0.05, 0) is 32.4 Å². The molecule has 3 atom stereocenters. The molecule has 0 spiro atoms. The Kier molecular flexibility index (Phi) is 4.24. The van der Waals surface area contributed by atoms with E-state index in [1.54, 1.807) is 6.07 Å². The second-order valence-corrected chi connectivity index (χ2v) is 6.34. The molecule has 21 heavy (non-hydrogen) atoms. The van der Waals surface area contributed by atoms with Crippen LogP contribution in [0, 0.1) is 11.6 Å². The first-order chi connectivity index (χ1) is 10.1. The monoisotopic (exact) mass is 295 g/mol. The fourth-order valence-electron chi connectivity index (χ4n) is 3.66. The van der Waals surface area contributed by atoms with E-state index in [1.165, 1.54) is 25.5 Å². The highest BCUT2D eigenvalue weighted by molar-refractivity contribution is 5.22. The summed E-state index contributed by atoms with van der Waals surface area (Å²) >= 11 is 0. The van der Waals surface area contributed by atoms with Crippen molar-refractivity contribution in [2.45, 2.75) is 37.9 Å². The summed E-state index contributed by atoms with van der Waals surface area (Å²) in [5.41, 5.74) is 6.41. The van der Waals surface area contributed by atoms with Gasteiger partial charge in [0.2, 0.25) is 0 Å². The highest BCUT2D eigenvalue weighted by Crippen LogP contribution is 2.26. The van der Waals surface area contributed by atoms with Crippen LogP contribution < -0.4 is 5.73 Å². The lowest BCUT2D eigenvalue weighted by atomic mass is 10.0. The van der Waals surface area contributed by atoms with E-state index in [-0.39, 0.29) is 5.56 Å². The summed E-state index contributed by atoms with van der Waals surface area (Å²) in [4.78, 5) is 4.86. The van der Waals surface area contributed by atoms with Gasteiger partial charge >= 0.3 is 0 Å². The van der Waals surface area contributed by atoms with Gasteiger partial charge in [0.1, 0.15) is 0 Å². The highest BCUT2D eigenvalue weighted by Gasteiger charge is 2.35. The molecule has 0 amide bonds. The molecule has 2 aliphatic rings. The fraction of sp³-hybridized carbons (Fsp3) is 0.625. The second kappa shape index (κ2) is 5.99. The van der Waals surface area contributed by atoms with Crippen LogP contribution in [0.3, 0.4) is 0 Å². The molecule has 1 aromatic carbocycles. The number of nitrogens with zero attached hydrogens (tertiary/aromatic N) is 2. The molecule has 2 N–H and O–H groups in total. The molecule has 116 valence electrons. The van der Waals surface area contributed by atoms with Gasteiger partial charge in [-0.2, -0.15) is 0 Å². The van der Waals surface area contributed by atoms with Crippen molar-refractivity contribution in [2.75, 3.05) is 26.2 Å². The summed E-state index contributed by atoms with van der Waals surface area (Å²) < 4.78 is 27.2. The van der Waals surface area contributed by atoms with Gasteiger partial charge in [0.25, 0.3) is 0 Å². The van der Waals surface area contributed by atoms with Gasteiger partial charge in [-0.3, -0.25) is 9.80 Å². The maximum atomic E-state index is 13.8. The van der Waals surface area contributed by atoms with Crippen molar-refractivity contribution in [3.05, 3.63) is 35.4 Å². The minimum atomic E-state index is -0.823. The van der Waals surface area contributed by atoms with Crippen LogP contribution in [0.4, 0.5) is 8.78 Å². The zero-order valence-electron chi connectivity index (χ0n) is 12.4. The van der Waals surface area contributed by atoms with E-state index in [0.717, 1.165) is 19.2 Å². The van der Waals surface area contributed by atoms with E-state index in [9.17, 15) is 8.78 Å². The summed E-state index contributed by atoms with van der Waals surface area (Å²) in [5.74, 6) is -1.63. The lowest BCUT2D eigenvalue weighted by Gasteiger charge is -2.43. The van der Waals surface area contributed by atoms with Crippen LogP contribution in [-0.4, -0.2) is 48.1 Å². The molecule has 1 aromatic rings. The molecule has 2 saturated heterocycles. The highest BCUT2D eigenvalue weighted by atomic mass is 19.2. The molecule has 0 radical (unpaired) electrons. The van der Waals surface area contributed by atoms with Gasteiger partial charge in [-0.25, -0.2) is 8.78 Å². The Labute approximate surface area is 124 Å². The fourth-order valence-corrected chi connectivity index (χ4v) is 3.66. The van der Waals surface area contributed by atoms with E-state index in [0.29, 0.717) is 18.6 Å². The number of rotatable bonds is 3. The van der Waals surface area contributed by atoms with Crippen LogP contribution in [0.2, 0.25) is 0 Å². The normalized spacial score (nSPS) is 28.6. The van der Waals surface area contributed by atoms with Crippen LogP contribution in [0.1, 0.15) is 31.4 Å². The van der Waals surface area contributed by atoms with Crippen molar-refractivity contribution in [1.29, 1.82) is 0 Å². The number of hydrogen-bond acceptors (Lipinski definition) is 3. The van der Waals surface area contributed by atoms with Crippen LogP contribution in [-0.2, 0) is 0 Å². The number of benzene rings is 1. The Morgan fingerprint density at radius 2 is 2.14 bits per heavy atom. The molecular formula is C16H23F2N3. The number of hydrogen-bond donors (Lipinski definition) is 1. The smallest absolute Gasteiger partial charge is 0.163 e. The van der Waals surface area contributed by atoms with Crippen LogP contribution in [0.15, 0.2) is 18.2 Å². The van der Waals surface area contributed by atoms with Crippen LogP contribution in [0.25, 0.3) is 0 Å². The third-order valence-electron chi connectivity index (χ3n) is 4.88. The Hall–Kier alpha value is -1.04. The third kappa shape index (κ3) is 2.96. The first-order valence-corrected chi connectivity index (χ1v) is 7.74. The number of nitrogens with two attached hydrogens (primary N) is 1. The quantitative estimate of drug-likeness (QED) is 0.927. The van der Waals surface area contributed by atoms with Crippen molar-refractivity contribution >= 4 is 0 Å². The van der Waals surface area contributed by atoms with Gasteiger partial charge in [0.15, 0.2) is 11.6 Å². The molecule has 0 bridgehead atoms. The average Bonchev–Trinajstić information content (AvgIpc) is 2.89. The molecule has 3 nitrogen and oxygen atoms in total. The molecule has 2 aliphatic heterocycles. The summed E-state index contributed by atoms with van der Waals surface area (Å²) in [7, 11) is 0. The van der Waals surface area contributed by atoms with Crippen molar-refractivity contribution in [3.8, 4) is 0 Å². The second-order valence-electron chi connectivity index (χ2n) is 6.34. The predicted octanol–water partition coefficient (Wildman–Crippen LogP) is 2.13. The number of piperazine rings is 1. The Bertz CT molecular complexity index is 508. The Morgan fingerprint density at radius 3 is 2.95 bits per heavy atom. The lowest BCUT2D eigenvalue weighted by molar-refractivity contribution is 0.0550. The molecular weight excluding hydrogens is 272 g/mol. The Morgan fingerprint density at radius 1 is 1.33 bits per heavy atom. The van der Waals surface area contributed by atoms with E-state index >= 15 is 0 Å². The van der Waals surface area contributed by atoms with Gasteiger partial charge < -0.3 is 5.73 Å². The first-order valence-electron chi connectivity index (χ1n) is 7.74. The van der Waals surface area contributed by atoms with E-state index in [4.69, 9.17) is 5.73 Å². The largest absolute Gasteiger partial charge is 0.323 e. The number of halogens is 2. The molecule has 0 aliphatic carbocycles. The van der Waals surface area contributed by atoms with E-state index in [2.05, 4.69) is 16.7 Å². The standard InChI is InChI=1S/C16H23F2N3/c1-11-8-20-7-3-4-12(20)9-21(11)10-15(19)13-5-2-6-14(17)16(13)18/h2,5-6,11-12,15H,3-4,7-10,19H2,1H3. The van der Waals surface area contributed by atoms with Crippen LogP contribution >= 0.6 is 0 Å². The molecule has 2 heterocycles. The summed E-state index contributed by atoms with van der Waals surface area (Å²) in [5, 5.41) is 0. The van der Waals surface area contributed by atoms with E-state index < -0.39 is 17.7 Å². The zero-order chi connectivity index (χ0) is 15.0. The van der Waals surface area contributed by atoms with Crippen molar-refractivity contribution < 1.29 is 8.78 Å². The maximum absolute atomic E-state index is 13.8. The SMILES string of the molecule is CC1CN2CCCC2CN1CC(N)c1cccc(F)c1F. The van der Waals surface area contributed by atoms with Gasteiger partial charge in [0.05, 0.1) is 0 Å². The first kappa shape index (κ1) is 14.9. The summed E-state index contributed by atoms with van der Waals surface area (Å²) in [6.45, 7) is 5.97. The average molecular weight is 295 g/mol. The van der Waals surface area contributed by atoms with Crippen LogP contribution in [0.5, 0.6) is 0 Å². The van der Waals surface area contributed by atoms with Gasteiger partial charge in [-0.1, -0.05) is 12.1 Å². The molecule has 0 aromatic heterocycles. The van der Waals surface area contributed by atoms with Crippen molar-refractivity contribution in [1.82, 2.24) is 9.80 Å². The molecule has 3 unspecified atom stereocenters. The molecule has 0 saturated carbocycles. The molecule has 3 rings (SSSR count). The minimum Gasteiger partial charge on any atom is -0.323 e. The van der Waals surface area contributed by atoms with Crippen molar-refractivity contribution in [2.24, 2.45) is 5.73 Å². The molecule has 5 heteroatoms. The third-order valence-corrected chi connectivity index (χ3v) is 4.88. The van der Waals surface area contributed by atoms with Crippen molar-refractivity contribution in [3.63, 3.8) is 0 Å². The Balaban J connectivity index is 1.69. The molecule has 2 fully saturated rings. The lowest BCUT2D eigenvalue weighted by Crippen LogP contribution is -2.56. The number of fused-ring (bicyclic) bond motifs is 1. The van der Waals surface area contributed by atoms with Gasteiger partial charge in [-0.15, -0.1) is 0 Å². The zero-order valence-corrected chi connectivity index (χ0v) is 12.4. The summed E-state index contributed by atoms with van der Waals surface area (Å²) in [6.07, 6.45) is 2.49.